The van der Waals surface area contributed by atoms with E-state index in [1.165, 1.54) is 11.8 Å². The summed E-state index contributed by atoms with van der Waals surface area (Å²) in [6, 6.07) is 7.32. The van der Waals surface area contributed by atoms with Crippen LogP contribution in [0.2, 0.25) is 5.02 Å². The molecule has 0 aliphatic rings. The van der Waals surface area contributed by atoms with E-state index >= 15 is 0 Å². The maximum Gasteiger partial charge on any atom is 0.242 e. The van der Waals surface area contributed by atoms with Gasteiger partial charge >= 0.3 is 0 Å². The van der Waals surface area contributed by atoms with Crippen LogP contribution in [0.1, 0.15) is 0 Å². The Labute approximate surface area is 102 Å². The molecule has 2 nitrogen and oxygen atoms in total. The lowest BCUT2D eigenvalue weighted by Gasteiger charge is -2.08. The smallest absolute Gasteiger partial charge is 0.242 e. The van der Waals surface area contributed by atoms with Crippen molar-refractivity contribution in [3.8, 4) is 0 Å². The average molecular weight is 287 g/mol. The minimum absolute atomic E-state index is 0.291. The van der Waals surface area contributed by atoms with Crippen molar-refractivity contribution in [3.05, 3.63) is 29.3 Å². The van der Waals surface area contributed by atoms with E-state index in [0.717, 1.165) is 4.90 Å². The van der Waals surface area contributed by atoms with Gasteiger partial charge in [-0.25, -0.2) is 0 Å². The van der Waals surface area contributed by atoms with E-state index in [9.17, 15) is 0 Å². The Hall–Kier alpha value is 0.780. The van der Waals surface area contributed by atoms with Gasteiger partial charge < -0.3 is 9.42 Å². The standard InChI is InChI=1S/C7H8ClO2PS3/c8-6-1-3-7(4-2-6)14-5-10-11(9,12)13/h1-4H,5H2,(H2,9,12,13). The molecule has 0 bridgehead atoms. The second kappa shape index (κ2) is 5.75. The van der Waals surface area contributed by atoms with E-state index in [-0.39, 0.29) is 0 Å². The Balaban J connectivity index is 2.39. The summed E-state index contributed by atoms with van der Waals surface area (Å²) in [4.78, 5) is 10.1. The maximum absolute atomic E-state index is 9.07. The topological polar surface area (TPSA) is 29.5 Å². The van der Waals surface area contributed by atoms with E-state index in [2.05, 4.69) is 24.1 Å². The van der Waals surface area contributed by atoms with E-state index in [1.807, 2.05) is 12.1 Å². The van der Waals surface area contributed by atoms with E-state index in [0.29, 0.717) is 11.0 Å². The fourth-order valence-electron chi connectivity index (χ4n) is 0.694. The lowest BCUT2D eigenvalue weighted by Crippen LogP contribution is -1.83. The van der Waals surface area contributed by atoms with E-state index in [4.69, 9.17) is 21.0 Å². The third kappa shape index (κ3) is 5.61. The van der Waals surface area contributed by atoms with Gasteiger partial charge in [-0.2, -0.15) is 0 Å². The van der Waals surface area contributed by atoms with Crippen LogP contribution in [-0.2, 0) is 16.3 Å². The summed E-state index contributed by atoms with van der Waals surface area (Å²) in [5.41, 5.74) is -2.83. The van der Waals surface area contributed by atoms with Crippen molar-refractivity contribution in [2.45, 2.75) is 4.90 Å². The SMILES string of the molecule is OP(=S)(S)OCSc1ccc(Cl)cc1. The zero-order valence-electron chi connectivity index (χ0n) is 6.96. The zero-order chi connectivity index (χ0) is 10.6. The lowest BCUT2D eigenvalue weighted by atomic mass is 10.4. The number of benzene rings is 1. The quantitative estimate of drug-likeness (QED) is 0.383. The van der Waals surface area contributed by atoms with E-state index < -0.39 is 5.69 Å². The number of halogens is 1. The summed E-state index contributed by atoms with van der Waals surface area (Å²) in [6.07, 6.45) is 0. The first-order chi connectivity index (χ1) is 6.47. The Bertz CT molecular complexity index is 337. The van der Waals surface area contributed by atoms with Gasteiger partial charge in [0.2, 0.25) is 5.69 Å². The highest BCUT2D eigenvalue weighted by atomic mass is 35.5. The minimum atomic E-state index is -2.83. The summed E-state index contributed by atoms with van der Waals surface area (Å²) in [6.45, 7) is 0. The van der Waals surface area contributed by atoms with Crippen LogP contribution in [0.25, 0.3) is 0 Å². The molecule has 0 aliphatic heterocycles. The molecular weight excluding hydrogens is 279 g/mol. The van der Waals surface area contributed by atoms with E-state index in [1.54, 1.807) is 12.1 Å². The first kappa shape index (κ1) is 12.8. The van der Waals surface area contributed by atoms with Crippen LogP contribution in [0, 0.1) is 0 Å². The molecule has 0 saturated carbocycles. The van der Waals surface area contributed by atoms with Gasteiger partial charge in [0, 0.05) is 9.92 Å². The van der Waals surface area contributed by atoms with Crippen molar-refractivity contribution in [2.75, 3.05) is 5.94 Å². The largest absolute Gasteiger partial charge is 0.338 e. The Morgan fingerprint density at radius 2 is 2.07 bits per heavy atom. The minimum Gasteiger partial charge on any atom is -0.338 e. The average Bonchev–Trinajstić information content (AvgIpc) is 2.06. The van der Waals surface area contributed by atoms with Gasteiger partial charge in [-0.1, -0.05) is 35.6 Å². The van der Waals surface area contributed by atoms with Crippen molar-refractivity contribution >= 4 is 53.1 Å². The van der Waals surface area contributed by atoms with Gasteiger partial charge in [0.25, 0.3) is 0 Å². The fourth-order valence-corrected chi connectivity index (χ4v) is 2.86. The van der Waals surface area contributed by atoms with Crippen molar-refractivity contribution in [2.24, 2.45) is 0 Å². The van der Waals surface area contributed by atoms with Crippen LogP contribution < -0.4 is 0 Å². The van der Waals surface area contributed by atoms with Crippen molar-refractivity contribution < 1.29 is 9.42 Å². The summed E-state index contributed by atoms with van der Waals surface area (Å²) >= 11 is 15.5. The number of rotatable bonds is 4. The molecule has 0 saturated heterocycles. The van der Waals surface area contributed by atoms with Gasteiger partial charge in [0.1, 0.15) is 5.94 Å². The molecule has 14 heavy (non-hydrogen) atoms. The third-order valence-corrected chi connectivity index (χ3v) is 3.66. The summed E-state index contributed by atoms with van der Waals surface area (Å²) in [5.74, 6) is 0.291. The third-order valence-electron chi connectivity index (χ3n) is 1.26. The first-order valence-electron chi connectivity index (χ1n) is 3.56. The van der Waals surface area contributed by atoms with Crippen molar-refractivity contribution in [3.63, 3.8) is 0 Å². The van der Waals surface area contributed by atoms with Crippen molar-refractivity contribution in [1.29, 1.82) is 0 Å². The molecule has 1 aromatic rings. The molecule has 0 aromatic heterocycles. The van der Waals surface area contributed by atoms with Crippen LogP contribution in [0.15, 0.2) is 29.2 Å². The summed E-state index contributed by atoms with van der Waals surface area (Å²) in [5, 5.41) is 0.691. The highest BCUT2D eigenvalue weighted by Gasteiger charge is 2.05. The normalized spacial score (nSPS) is 15.1. The summed E-state index contributed by atoms with van der Waals surface area (Å²) in [7, 11) is 0. The molecule has 1 atom stereocenters. The first-order valence-corrected chi connectivity index (χ1v) is 8.75. The van der Waals surface area contributed by atoms with Gasteiger partial charge in [0.05, 0.1) is 0 Å². The maximum atomic E-state index is 9.07. The van der Waals surface area contributed by atoms with Crippen LogP contribution in [0.3, 0.4) is 0 Å². The predicted molar refractivity (Wildman–Crippen MR) is 68.8 cm³/mol. The molecule has 1 N–H and O–H groups in total. The predicted octanol–water partition coefficient (Wildman–Crippen LogP) is 3.55. The second-order valence-electron chi connectivity index (χ2n) is 2.34. The Kier molecular flexibility index (Phi) is 5.28. The van der Waals surface area contributed by atoms with Gasteiger partial charge in [-0.3, -0.25) is 0 Å². The van der Waals surface area contributed by atoms with Gasteiger partial charge in [-0.15, -0.1) is 0 Å². The summed E-state index contributed by atoms with van der Waals surface area (Å²) < 4.78 is 4.94. The highest BCUT2D eigenvalue weighted by Crippen LogP contribution is 2.48. The molecule has 1 aromatic carbocycles. The Morgan fingerprint density at radius 3 is 2.57 bits per heavy atom. The van der Waals surface area contributed by atoms with Crippen LogP contribution in [0.4, 0.5) is 0 Å². The number of thioether (sulfide) groups is 1. The molecule has 0 fully saturated rings. The number of thiol groups is 1. The van der Waals surface area contributed by atoms with Crippen molar-refractivity contribution in [1.82, 2.24) is 0 Å². The fraction of sp³-hybridized carbons (Fsp3) is 0.143. The molecule has 1 rings (SSSR count). The van der Waals surface area contributed by atoms with Gasteiger partial charge in [0.15, 0.2) is 0 Å². The monoisotopic (exact) mass is 286 g/mol. The number of hydrogen-bond donors (Lipinski definition) is 2. The van der Waals surface area contributed by atoms with Crippen LogP contribution in [-0.4, -0.2) is 10.8 Å². The second-order valence-corrected chi connectivity index (χ2v) is 8.93. The zero-order valence-corrected chi connectivity index (χ0v) is 11.1. The molecule has 0 amide bonds. The number of hydrogen-bond acceptors (Lipinski definition) is 3. The molecular formula is C7H8ClO2PS3. The molecule has 7 heteroatoms. The molecule has 1 unspecified atom stereocenters. The van der Waals surface area contributed by atoms with Gasteiger partial charge in [-0.05, 0) is 36.1 Å². The molecule has 0 heterocycles. The highest BCUT2D eigenvalue weighted by molar-refractivity contribution is 8.59. The molecule has 78 valence electrons. The lowest BCUT2D eigenvalue weighted by molar-refractivity contribution is 0.387. The Morgan fingerprint density at radius 1 is 1.50 bits per heavy atom. The van der Waals surface area contributed by atoms with Crippen LogP contribution >= 0.6 is 41.3 Å². The molecule has 0 aliphatic carbocycles. The molecule has 0 spiro atoms. The van der Waals surface area contributed by atoms with Crippen LogP contribution in [0.5, 0.6) is 0 Å². The molecule has 0 radical (unpaired) electrons.